The van der Waals surface area contributed by atoms with E-state index < -0.39 is 0 Å². The van der Waals surface area contributed by atoms with E-state index >= 15 is 0 Å². The Kier molecular flexibility index (Phi) is 5.04. The highest BCUT2D eigenvalue weighted by molar-refractivity contribution is 5.29. The number of nitrogens with one attached hydrogen (secondary N) is 1. The molecule has 0 heterocycles. The van der Waals surface area contributed by atoms with Crippen molar-refractivity contribution in [1.82, 2.24) is 5.32 Å². The first kappa shape index (κ1) is 14.6. The van der Waals surface area contributed by atoms with Crippen molar-refractivity contribution in [3.63, 3.8) is 0 Å². The molecule has 0 amide bonds. The van der Waals surface area contributed by atoms with E-state index in [0.29, 0.717) is 0 Å². The maximum absolute atomic E-state index is 3.37. The summed E-state index contributed by atoms with van der Waals surface area (Å²) in [6, 6.07) is 9.34. The minimum atomic E-state index is 0.0689. The fourth-order valence-corrected chi connectivity index (χ4v) is 3.11. The SMILES string of the molecule is CNC(C)(C)c1ccc(C2CCCCCCC2)cc1. The Morgan fingerprint density at radius 1 is 0.895 bits per heavy atom. The second kappa shape index (κ2) is 6.56. The van der Waals surface area contributed by atoms with Crippen molar-refractivity contribution in [3.8, 4) is 0 Å². The van der Waals surface area contributed by atoms with Gasteiger partial charge in [0.2, 0.25) is 0 Å². The maximum Gasteiger partial charge on any atom is 0.0374 e. The second-order valence-corrected chi connectivity index (χ2v) is 6.54. The zero-order chi connectivity index (χ0) is 13.7. The van der Waals surface area contributed by atoms with Crippen LogP contribution in [0.3, 0.4) is 0 Å². The third kappa shape index (κ3) is 3.82. The minimum absolute atomic E-state index is 0.0689. The van der Waals surface area contributed by atoms with Gasteiger partial charge in [0.25, 0.3) is 0 Å². The van der Waals surface area contributed by atoms with Crippen molar-refractivity contribution in [3.05, 3.63) is 35.4 Å². The number of benzene rings is 1. The van der Waals surface area contributed by atoms with E-state index in [1.165, 1.54) is 50.5 Å². The van der Waals surface area contributed by atoms with Gasteiger partial charge in [-0.3, -0.25) is 0 Å². The zero-order valence-electron chi connectivity index (χ0n) is 12.8. The zero-order valence-corrected chi connectivity index (χ0v) is 12.8. The standard InChI is InChI=1S/C18H29N/c1-18(2,19-3)17-13-11-16(12-14-17)15-9-7-5-4-6-8-10-15/h11-15,19H,4-10H2,1-3H3. The molecule has 0 aromatic heterocycles. The molecule has 1 aliphatic rings. The van der Waals surface area contributed by atoms with E-state index in [1.54, 1.807) is 5.56 Å². The van der Waals surface area contributed by atoms with Crippen molar-refractivity contribution < 1.29 is 0 Å². The number of rotatable bonds is 3. The Labute approximate surface area is 118 Å². The molecule has 0 radical (unpaired) electrons. The van der Waals surface area contributed by atoms with Gasteiger partial charge in [0, 0.05) is 5.54 Å². The average molecular weight is 259 g/mol. The summed E-state index contributed by atoms with van der Waals surface area (Å²) in [5.41, 5.74) is 3.00. The van der Waals surface area contributed by atoms with Crippen molar-refractivity contribution >= 4 is 0 Å². The van der Waals surface area contributed by atoms with E-state index in [1.807, 2.05) is 7.05 Å². The average Bonchev–Trinajstić information content (AvgIpc) is 2.39. The third-order valence-corrected chi connectivity index (χ3v) is 4.83. The van der Waals surface area contributed by atoms with Crippen LogP contribution >= 0.6 is 0 Å². The minimum Gasteiger partial charge on any atom is -0.311 e. The molecule has 1 saturated carbocycles. The van der Waals surface area contributed by atoms with Crippen molar-refractivity contribution in [2.45, 2.75) is 70.3 Å². The van der Waals surface area contributed by atoms with Crippen LogP contribution in [0.15, 0.2) is 24.3 Å². The molecular formula is C18H29N. The molecule has 1 aromatic carbocycles. The van der Waals surface area contributed by atoms with Crippen LogP contribution in [0.4, 0.5) is 0 Å². The first-order valence-electron chi connectivity index (χ1n) is 7.93. The van der Waals surface area contributed by atoms with Crippen LogP contribution in [0.5, 0.6) is 0 Å². The van der Waals surface area contributed by atoms with Gasteiger partial charge in [-0.25, -0.2) is 0 Å². The van der Waals surface area contributed by atoms with Gasteiger partial charge in [0.1, 0.15) is 0 Å². The Morgan fingerprint density at radius 2 is 1.42 bits per heavy atom. The molecule has 0 unspecified atom stereocenters. The molecule has 0 aliphatic heterocycles. The quantitative estimate of drug-likeness (QED) is 0.808. The summed E-state index contributed by atoms with van der Waals surface area (Å²) in [5, 5.41) is 3.37. The molecule has 19 heavy (non-hydrogen) atoms. The molecule has 1 heteroatoms. The smallest absolute Gasteiger partial charge is 0.0374 e. The second-order valence-electron chi connectivity index (χ2n) is 6.54. The molecule has 2 rings (SSSR count). The molecule has 106 valence electrons. The Hall–Kier alpha value is -0.820. The molecule has 1 aromatic rings. The van der Waals surface area contributed by atoms with Crippen LogP contribution in [-0.4, -0.2) is 7.05 Å². The van der Waals surface area contributed by atoms with Gasteiger partial charge >= 0.3 is 0 Å². The number of hydrogen-bond acceptors (Lipinski definition) is 1. The van der Waals surface area contributed by atoms with Gasteiger partial charge in [0.15, 0.2) is 0 Å². The van der Waals surface area contributed by atoms with Crippen LogP contribution in [0.1, 0.15) is 75.8 Å². The number of hydrogen-bond donors (Lipinski definition) is 1. The summed E-state index contributed by atoms with van der Waals surface area (Å²) in [7, 11) is 2.03. The fourth-order valence-electron chi connectivity index (χ4n) is 3.11. The maximum atomic E-state index is 3.37. The van der Waals surface area contributed by atoms with Gasteiger partial charge in [-0.05, 0) is 50.8 Å². The van der Waals surface area contributed by atoms with Crippen LogP contribution in [0, 0.1) is 0 Å². The van der Waals surface area contributed by atoms with Gasteiger partial charge in [-0.2, -0.15) is 0 Å². The highest BCUT2D eigenvalue weighted by atomic mass is 14.9. The molecular weight excluding hydrogens is 230 g/mol. The van der Waals surface area contributed by atoms with E-state index in [0.717, 1.165) is 5.92 Å². The lowest BCUT2D eigenvalue weighted by Crippen LogP contribution is -2.33. The lowest BCUT2D eigenvalue weighted by Gasteiger charge is -2.26. The van der Waals surface area contributed by atoms with E-state index in [4.69, 9.17) is 0 Å². The normalized spacial score (nSPS) is 18.9. The highest BCUT2D eigenvalue weighted by Crippen LogP contribution is 2.31. The van der Waals surface area contributed by atoms with Gasteiger partial charge in [0.05, 0.1) is 0 Å². The Balaban J connectivity index is 2.08. The summed E-state index contributed by atoms with van der Waals surface area (Å²) in [5.74, 6) is 0.798. The molecule has 1 nitrogen and oxygen atoms in total. The summed E-state index contributed by atoms with van der Waals surface area (Å²) < 4.78 is 0. The Morgan fingerprint density at radius 3 is 1.95 bits per heavy atom. The largest absolute Gasteiger partial charge is 0.311 e. The first-order chi connectivity index (χ1) is 9.13. The molecule has 0 spiro atoms. The van der Waals surface area contributed by atoms with E-state index in [2.05, 4.69) is 43.4 Å². The summed E-state index contributed by atoms with van der Waals surface area (Å²) in [6.07, 6.45) is 9.90. The first-order valence-corrected chi connectivity index (χ1v) is 7.93. The lowest BCUT2D eigenvalue weighted by atomic mass is 9.84. The van der Waals surface area contributed by atoms with Crippen molar-refractivity contribution in [1.29, 1.82) is 0 Å². The van der Waals surface area contributed by atoms with Crippen LogP contribution in [-0.2, 0) is 5.54 Å². The van der Waals surface area contributed by atoms with Gasteiger partial charge in [-0.15, -0.1) is 0 Å². The summed E-state index contributed by atoms with van der Waals surface area (Å²) in [6.45, 7) is 4.47. The molecule has 1 aliphatic carbocycles. The third-order valence-electron chi connectivity index (χ3n) is 4.83. The van der Waals surface area contributed by atoms with Crippen molar-refractivity contribution in [2.75, 3.05) is 7.05 Å². The van der Waals surface area contributed by atoms with Crippen LogP contribution < -0.4 is 5.32 Å². The van der Waals surface area contributed by atoms with Gasteiger partial charge in [-0.1, -0.05) is 56.4 Å². The summed E-state index contributed by atoms with van der Waals surface area (Å²) in [4.78, 5) is 0. The monoisotopic (exact) mass is 259 g/mol. The Bertz CT molecular complexity index is 369. The van der Waals surface area contributed by atoms with Gasteiger partial charge < -0.3 is 5.32 Å². The summed E-state index contributed by atoms with van der Waals surface area (Å²) >= 11 is 0. The predicted molar refractivity (Wildman–Crippen MR) is 83.6 cm³/mol. The topological polar surface area (TPSA) is 12.0 Å². The van der Waals surface area contributed by atoms with Crippen molar-refractivity contribution in [2.24, 2.45) is 0 Å². The predicted octanol–water partition coefficient (Wildman–Crippen LogP) is 4.97. The molecule has 1 N–H and O–H groups in total. The van der Waals surface area contributed by atoms with E-state index in [9.17, 15) is 0 Å². The van der Waals surface area contributed by atoms with Crippen LogP contribution in [0.25, 0.3) is 0 Å². The molecule has 0 saturated heterocycles. The molecule has 0 bridgehead atoms. The van der Waals surface area contributed by atoms with E-state index in [-0.39, 0.29) is 5.54 Å². The molecule has 0 atom stereocenters. The highest BCUT2D eigenvalue weighted by Gasteiger charge is 2.18. The molecule has 1 fully saturated rings. The van der Waals surface area contributed by atoms with Crippen LogP contribution in [0.2, 0.25) is 0 Å². The fraction of sp³-hybridized carbons (Fsp3) is 0.667. The lowest BCUT2D eigenvalue weighted by molar-refractivity contribution is 0.442.